The van der Waals surface area contributed by atoms with E-state index in [1.54, 1.807) is 29.2 Å². The van der Waals surface area contributed by atoms with Crippen molar-refractivity contribution >= 4 is 27.3 Å². The summed E-state index contributed by atoms with van der Waals surface area (Å²) in [7, 11) is -3.51. The average molecular weight is 364 g/mol. The molecule has 0 aliphatic carbocycles. The van der Waals surface area contributed by atoms with Gasteiger partial charge in [-0.2, -0.15) is 0 Å². The average Bonchev–Trinajstić information content (AvgIpc) is 2.56. The zero-order valence-corrected chi connectivity index (χ0v) is 14.7. The minimum Gasteiger partial charge on any atom is -0.337 e. The molecule has 0 aromatic heterocycles. The normalized spacial score (nSPS) is 14.3. The van der Waals surface area contributed by atoms with Crippen molar-refractivity contribution in [2.45, 2.75) is 18.7 Å². The van der Waals surface area contributed by atoms with Crippen LogP contribution in [-0.2, 0) is 33.4 Å². The molecule has 0 bridgehead atoms. The summed E-state index contributed by atoms with van der Waals surface area (Å²) in [5, 5.41) is 0.555. The summed E-state index contributed by atoms with van der Waals surface area (Å²) in [5.41, 5.74) is 2.95. The lowest BCUT2D eigenvalue weighted by atomic mass is 10.00. The highest BCUT2D eigenvalue weighted by molar-refractivity contribution is 7.91. The van der Waals surface area contributed by atoms with E-state index in [1.165, 1.54) is 5.56 Å². The molecule has 1 aliphatic heterocycles. The Morgan fingerprint density at radius 2 is 1.71 bits per heavy atom. The zero-order valence-electron chi connectivity index (χ0n) is 13.1. The van der Waals surface area contributed by atoms with Crippen LogP contribution in [0.25, 0.3) is 0 Å². The first-order valence-electron chi connectivity index (χ1n) is 7.72. The van der Waals surface area contributed by atoms with Gasteiger partial charge < -0.3 is 4.90 Å². The molecule has 3 rings (SSSR count). The van der Waals surface area contributed by atoms with Crippen molar-refractivity contribution in [3.63, 3.8) is 0 Å². The molecule has 1 amide bonds. The summed E-state index contributed by atoms with van der Waals surface area (Å²) in [6.07, 6.45) is 0.763. The molecule has 0 saturated carbocycles. The third kappa shape index (κ3) is 4.16. The number of rotatable bonds is 4. The molecular formula is C18H18ClNO3S. The Morgan fingerprint density at radius 3 is 2.42 bits per heavy atom. The van der Waals surface area contributed by atoms with Gasteiger partial charge >= 0.3 is 0 Å². The summed E-state index contributed by atoms with van der Waals surface area (Å²) in [5.74, 6) is -0.948. The molecule has 1 heterocycles. The molecule has 2 aromatic carbocycles. The van der Waals surface area contributed by atoms with E-state index in [-0.39, 0.29) is 11.7 Å². The summed E-state index contributed by atoms with van der Waals surface area (Å²) in [4.78, 5) is 14.0. The highest BCUT2D eigenvalue weighted by atomic mass is 35.5. The first-order chi connectivity index (χ1) is 11.4. The van der Waals surface area contributed by atoms with Crippen molar-refractivity contribution in [2.75, 3.05) is 12.3 Å². The predicted octanol–water partition coefficient (Wildman–Crippen LogP) is 2.84. The van der Waals surface area contributed by atoms with Crippen molar-refractivity contribution in [3.8, 4) is 0 Å². The fourth-order valence-electron chi connectivity index (χ4n) is 2.87. The number of fused-ring (bicyclic) bond motifs is 1. The van der Waals surface area contributed by atoms with E-state index in [4.69, 9.17) is 11.6 Å². The molecule has 0 unspecified atom stereocenters. The maximum absolute atomic E-state index is 12.4. The maximum atomic E-state index is 12.4. The van der Waals surface area contributed by atoms with Crippen LogP contribution in [0.1, 0.15) is 16.7 Å². The van der Waals surface area contributed by atoms with Gasteiger partial charge in [0.2, 0.25) is 5.91 Å². The van der Waals surface area contributed by atoms with Crippen LogP contribution in [0.2, 0.25) is 5.02 Å². The quantitative estimate of drug-likeness (QED) is 0.839. The Kier molecular flexibility index (Phi) is 4.92. The molecule has 126 valence electrons. The van der Waals surface area contributed by atoms with Crippen LogP contribution in [0, 0.1) is 0 Å². The first kappa shape index (κ1) is 17.0. The largest absolute Gasteiger partial charge is 0.337 e. The minimum atomic E-state index is -3.51. The SMILES string of the molecule is O=C(CS(=O)(=O)Cc1ccc(Cl)cc1)N1CCc2ccccc2C1. The van der Waals surface area contributed by atoms with E-state index in [0.29, 0.717) is 23.7 Å². The fraction of sp³-hybridized carbons (Fsp3) is 0.278. The summed E-state index contributed by atoms with van der Waals surface area (Å²) in [6, 6.07) is 14.6. The van der Waals surface area contributed by atoms with Crippen LogP contribution in [-0.4, -0.2) is 31.5 Å². The van der Waals surface area contributed by atoms with E-state index in [1.807, 2.05) is 18.2 Å². The lowest BCUT2D eigenvalue weighted by molar-refractivity contribution is -0.129. The molecule has 0 saturated heterocycles. The van der Waals surface area contributed by atoms with Crippen molar-refractivity contribution in [1.82, 2.24) is 4.90 Å². The van der Waals surface area contributed by atoms with Gasteiger partial charge in [-0.3, -0.25) is 4.79 Å². The Morgan fingerprint density at radius 1 is 1.04 bits per heavy atom. The number of carbonyl (C=O) groups is 1. The van der Waals surface area contributed by atoms with Gasteiger partial charge in [-0.1, -0.05) is 48.0 Å². The van der Waals surface area contributed by atoms with Crippen LogP contribution in [0.4, 0.5) is 0 Å². The molecule has 0 N–H and O–H groups in total. The van der Waals surface area contributed by atoms with Gasteiger partial charge in [-0.25, -0.2) is 8.42 Å². The minimum absolute atomic E-state index is 0.152. The molecule has 1 aliphatic rings. The fourth-order valence-corrected chi connectivity index (χ4v) is 4.36. The summed E-state index contributed by atoms with van der Waals surface area (Å²) in [6.45, 7) is 1.04. The highest BCUT2D eigenvalue weighted by Gasteiger charge is 2.25. The number of benzene rings is 2. The highest BCUT2D eigenvalue weighted by Crippen LogP contribution is 2.19. The van der Waals surface area contributed by atoms with Crippen molar-refractivity contribution in [1.29, 1.82) is 0 Å². The second kappa shape index (κ2) is 6.95. The second-order valence-electron chi connectivity index (χ2n) is 5.99. The first-order valence-corrected chi connectivity index (χ1v) is 9.92. The molecule has 6 heteroatoms. The van der Waals surface area contributed by atoms with Crippen molar-refractivity contribution in [3.05, 3.63) is 70.2 Å². The standard InChI is InChI=1S/C18H18ClNO3S/c19-17-7-5-14(6-8-17)12-24(22,23)13-18(21)20-10-9-15-3-1-2-4-16(15)11-20/h1-8H,9-13H2. The summed E-state index contributed by atoms with van der Waals surface area (Å²) >= 11 is 5.80. The topological polar surface area (TPSA) is 54.5 Å². The molecule has 0 fully saturated rings. The third-order valence-corrected chi connectivity index (χ3v) is 5.84. The van der Waals surface area contributed by atoms with Crippen LogP contribution >= 0.6 is 11.6 Å². The lowest BCUT2D eigenvalue weighted by Crippen LogP contribution is -2.39. The van der Waals surface area contributed by atoms with Crippen molar-refractivity contribution in [2.24, 2.45) is 0 Å². The summed E-state index contributed by atoms with van der Waals surface area (Å²) < 4.78 is 24.6. The molecule has 24 heavy (non-hydrogen) atoms. The zero-order chi connectivity index (χ0) is 17.2. The van der Waals surface area contributed by atoms with E-state index in [2.05, 4.69) is 6.07 Å². The smallest absolute Gasteiger partial charge is 0.238 e. The van der Waals surface area contributed by atoms with Crippen LogP contribution in [0.5, 0.6) is 0 Å². The predicted molar refractivity (Wildman–Crippen MR) is 94.5 cm³/mol. The van der Waals surface area contributed by atoms with Gasteiger partial charge in [0, 0.05) is 18.1 Å². The number of hydrogen-bond acceptors (Lipinski definition) is 3. The molecule has 4 nitrogen and oxygen atoms in total. The van der Waals surface area contributed by atoms with Gasteiger partial charge in [0.15, 0.2) is 9.84 Å². The monoisotopic (exact) mass is 363 g/mol. The third-order valence-electron chi connectivity index (χ3n) is 4.13. The van der Waals surface area contributed by atoms with E-state index in [0.717, 1.165) is 12.0 Å². The molecule has 0 spiro atoms. The number of amides is 1. The van der Waals surface area contributed by atoms with Crippen LogP contribution < -0.4 is 0 Å². The lowest BCUT2D eigenvalue weighted by Gasteiger charge is -2.28. The van der Waals surface area contributed by atoms with E-state index >= 15 is 0 Å². The molecular weight excluding hydrogens is 346 g/mol. The van der Waals surface area contributed by atoms with Crippen molar-refractivity contribution < 1.29 is 13.2 Å². The number of carbonyl (C=O) groups excluding carboxylic acids is 1. The Bertz CT molecular complexity index is 847. The van der Waals surface area contributed by atoms with Crippen LogP contribution in [0.15, 0.2) is 48.5 Å². The van der Waals surface area contributed by atoms with Gasteiger partial charge in [0.1, 0.15) is 5.75 Å². The molecule has 0 atom stereocenters. The van der Waals surface area contributed by atoms with Crippen LogP contribution in [0.3, 0.4) is 0 Å². The maximum Gasteiger partial charge on any atom is 0.238 e. The Hall–Kier alpha value is -1.85. The number of halogens is 1. The van der Waals surface area contributed by atoms with Gasteiger partial charge in [0.05, 0.1) is 5.75 Å². The number of hydrogen-bond donors (Lipinski definition) is 0. The number of nitrogens with zero attached hydrogens (tertiary/aromatic N) is 1. The van der Waals surface area contributed by atoms with Gasteiger partial charge in [-0.05, 0) is 35.2 Å². The second-order valence-corrected chi connectivity index (χ2v) is 8.49. The van der Waals surface area contributed by atoms with Gasteiger partial charge in [-0.15, -0.1) is 0 Å². The van der Waals surface area contributed by atoms with E-state index in [9.17, 15) is 13.2 Å². The Labute approximate surface area is 147 Å². The van der Waals surface area contributed by atoms with E-state index < -0.39 is 15.6 Å². The Balaban J connectivity index is 1.65. The van der Waals surface area contributed by atoms with Gasteiger partial charge in [0.25, 0.3) is 0 Å². The molecule has 2 aromatic rings. The number of sulfone groups is 1. The molecule has 0 radical (unpaired) electrons.